The number of nitro groups is 1. The van der Waals surface area contributed by atoms with Crippen LogP contribution in [0.5, 0.6) is 0 Å². The molecule has 0 aromatic heterocycles. The van der Waals surface area contributed by atoms with E-state index in [1.54, 1.807) is 24.3 Å². The van der Waals surface area contributed by atoms with E-state index >= 15 is 0 Å². The lowest BCUT2D eigenvalue weighted by Gasteiger charge is -2.27. The second-order valence-electron chi connectivity index (χ2n) is 8.13. The number of benzene rings is 3. The standard InChI is InChI=1S/C24H18ClF3N4O3/c1-23(16-5-3-2-4-6-16)14-31(30-21(23)15-7-9-17(25)10-8-15)22(33)29-18-11-12-19(24(26,27)28)20(13-18)32(34)35/h2-13H,14H2,1H3,(H,29,33). The molecule has 0 fully saturated rings. The third kappa shape index (κ3) is 4.83. The molecule has 3 aromatic carbocycles. The van der Waals surface area contributed by atoms with Crippen LogP contribution in [0.3, 0.4) is 0 Å². The molecule has 4 rings (SSSR count). The van der Waals surface area contributed by atoms with Crippen LogP contribution in [0.2, 0.25) is 5.02 Å². The molecule has 3 aromatic rings. The van der Waals surface area contributed by atoms with Crippen molar-refractivity contribution < 1.29 is 22.9 Å². The number of alkyl halides is 3. The van der Waals surface area contributed by atoms with Gasteiger partial charge in [0.2, 0.25) is 0 Å². The fraction of sp³-hybridized carbons (Fsp3) is 0.167. The molecular weight excluding hydrogens is 485 g/mol. The normalized spacial score (nSPS) is 17.7. The number of amides is 2. The van der Waals surface area contributed by atoms with Crippen LogP contribution in [0.1, 0.15) is 23.6 Å². The average Bonchev–Trinajstić information content (AvgIpc) is 3.18. The smallest absolute Gasteiger partial charge is 0.306 e. The summed E-state index contributed by atoms with van der Waals surface area (Å²) in [6.07, 6.45) is -4.91. The van der Waals surface area contributed by atoms with E-state index in [0.29, 0.717) is 22.9 Å². The molecule has 35 heavy (non-hydrogen) atoms. The highest BCUT2D eigenvalue weighted by Gasteiger charge is 2.43. The molecule has 0 aliphatic carbocycles. The van der Waals surface area contributed by atoms with Crippen LogP contribution in [0.15, 0.2) is 77.9 Å². The van der Waals surface area contributed by atoms with Gasteiger partial charge in [-0.25, -0.2) is 9.80 Å². The van der Waals surface area contributed by atoms with Gasteiger partial charge in [0.15, 0.2) is 0 Å². The number of nitrogens with one attached hydrogen (secondary N) is 1. The highest BCUT2D eigenvalue weighted by atomic mass is 35.5. The highest BCUT2D eigenvalue weighted by molar-refractivity contribution is 6.30. The lowest BCUT2D eigenvalue weighted by molar-refractivity contribution is -0.388. The Bertz CT molecular complexity index is 1310. The number of anilines is 1. The highest BCUT2D eigenvalue weighted by Crippen LogP contribution is 2.38. The summed E-state index contributed by atoms with van der Waals surface area (Å²) in [6.45, 7) is 2.05. The van der Waals surface area contributed by atoms with Crippen molar-refractivity contribution in [3.05, 3.63) is 105 Å². The minimum atomic E-state index is -4.91. The first kappa shape index (κ1) is 24.2. The summed E-state index contributed by atoms with van der Waals surface area (Å²) in [5, 5.41) is 19.8. The van der Waals surface area contributed by atoms with Gasteiger partial charge in [-0.15, -0.1) is 0 Å². The van der Waals surface area contributed by atoms with Crippen molar-refractivity contribution in [2.24, 2.45) is 5.10 Å². The quantitative estimate of drug-likeness (QED) is 0.327. The number of rotatable bonds is 4. The first-order valence-corrected chi connectivity index (χ1v) is 10.7. The van der Waals surface area contributed by atoms with E-state index in [9.17, 15) is 28.1 Å². The monoisotopic (exact) mass is 502 g/mol. The predicted molar refractivity (Wildman–Crippen MR) is 126 cm³/mol. The first-order valence-electron chi connectivity index (χ1n) is 10.3. The van der Waals surface area contributed by atoms with E-state index in [1.807, 2.05) is 37.3 Å². The third-order valence-electron chi connectivity index (χ3n) is 5.72. The Morgan fingerprint density at radius 2 is 1.77 bits per heavy atom. The van der Waals surface area contributed by atoms with E-state index < -0.39 is 33.8 Å². The van der Waals surface area contributed by atoms with Gasteiger partial charge in [0.25, 0.3) is 5.69 Å². The van der Waals surface area contributed by atoms with Gasteiger partial charge in [0, 0.05) is 16.8 Å². The Morgan fingerprint density at radius 3 is 2.37 bits per heavy atom. The van der Waals surface area contributed by atoms with E-state index in [-0.39, 0.29) is 12.2 Å². The molecule has 180 valence electrons. The number of hydrogen-bond acceptors (Lipinski definition) is 4. The zero-order valence-electron chi connectivity index (χ0n) is 18.2. The summed E-state index contributed by atoms with van der Waals surface area (Å²) in [4.78, 5) is 23.1. The van der Waals surface area contributed by atoms with Crippen LogP contribution in [-0.4, -0.2) is 28.2 Å². The topological polar surface area (TPSA) is 87.8 Å². The van der Waals surface area contributed by atoms with Crippen molar-refractivity contribution >= 4 is 34.7 Å². The molecule has 1 unspecified atom stereocenters. The molecule has 1 aliphatic heterocycles. The predicted octanol–water partition coefficient (Wildman–Crippen LogP) is 6.48. The second kappa shape index (κ2) is 9.03. The Labute approximate surface area is 203 Å². The van der Waals surface area contributed by atoms with Crippen LogP contribution in [0, 0.1) is 10.1 Å². The maximum Gasteiger partial charge on any atom is 0.423 e. The van der Waals surface area contributed by atoms with Crippen LogP contribution in [-0.2, 0) is 11.6 Å². The molecule has 7 nitrogen and oxygen atoms in total. The van der Waals surface area contributed by atoms with E-state index in [2.05, 4.69) is 10.4 Å². The number of nitro benzene ring substituents is 1. The van der Waals surface area contributed by atoms with Crippen LogP contribution < -0.4 is 5.32 Å². The van der Waals surface area contributed by atoms with Gasteiger partial charge < -0.3 is 5.32 Å². The fourth-order valence-electron chi connectivity index (χ4n) is 3.96. The molecule has 0 radical (unpaired) electrons. The SMILES string of the molecule is CC1(c2ccccc2)CN(C(=O)Nc2ccc(C(F)(F)F)c([N+](=O)[O-])c2)N=C1c1ccc(Cl)cc1. The van der Waals surface area contributed by atoms with Crippen molar-refractivity contribution in [3.63, 3.8) is 0 Å². The lowest BCUT2D eigenvalue weighted by Crippen LogP contribution is -2.38. The number of hydrazone groups is 1. The van der Waals surface area contributed by atoms with Crippen LogP contribution in [0.4, 0.5) is 29.3 Å². The summed E-state index contributed by atoms with van der Waals surface area (Å²) in [5.74, 6) is 0. The third-order valence-corrected chi connectivity index (χ3v) is 5.98. The molecule has 1 heterocycles. The number of carbonyl (C=O) groups excluding carboxylic acids is 1. The molecule has 1 atom stereocenters. The molecule has 1 aliphatic rings. The van der Waals surface area contributed by atoms with Crippen LogP contribution in [0.25, 0.3) is 0 Å². The van der Waals surface area contributed by atoms with Crippen molar-refractivity contribution in [2.45, 2.75) is 18.5 Å². The zero-order valence-corrected chi connectivity index (χ0v) is 19.0. The molecule has 1 N–H and O–H groups in total. The van der Waals surface area contributed by atoms with Gasteiger partial charge in [0.1, 0.15) is 5.56 Å². The Kier molecular flexibility index (Phi) is 6.25. The molecule has 0 bridgehead atoms. The maximum absolute atomic E-state index is 13.1. The number of carbonyl (C=O) groups is 1. The minimum absolute atomic E-state index is 0.129. The van der Waals surface area contributed by atoms with Gasteiger partial charge >= 0.3 is 12.2 Å². The Morgan fingerprint density at radius 1 is 1.11 bits per heavy atom. The minimum Gasteiger partial charge on any atom is -0.306 e. The molecular formula is C24H18ClF3N4O3. The summed E-state index contributed by atoms with van der Waals surface area (Å²) in [5.41, 5.74) is -1.20. The summed E-state index contributed by atoms with van der Waals surface area (Å²) in [6, 6.07) is 17.8. The molecule has 0 spiro atoms. The summed E-state index contributed by atoms with van der Waals surface area (Å²) in [7, 11) is 0. The van der Waals surface area contributed by atoms with Gasteiger partial charge in [0.05, 0.1) is 22.6 Å². The molecule has 0 saturated carbocycles. The Balaban J connectivity index is 1.67. The number of nitrogens with zero attached hydrogens (tertiary/aromatic N) is 3. The summed E-state index contributed by atoms with van der Waals surface area (Å²) >= 11 is 6.02. The zero-order chi connectivity index (χ0) is 25.4. The van der Waals surface area contributed by atoms with Crippen molar-refractivity contribution in [1.29, 1.82) is 0 Å². The van der Waals surface area contributed by atoms with Gasteiger partial charge in [-0.1, -0.05) is 54.1 Å². The van der Waals surface area contributed by atoms with Gasteiger partial charge in [-0.2, -0.15) is 18.3 Å². The van der Waals surface area contributed by atoms with Crippen molar-refractivity contribution in [1.82, 2.24) is 5.01 Å². The molecule has 2 amide bonds. The van der Waals surface area contributed by atoms with E-state index in [1.165, 1.54) is 0 Å². The molecule has 0 saturated heterocycles. The number of hydrogen-bond donors (Lipinski definition) is 1. The Hall–Kier alpha value is -3.92. The van der Waals surface area contributed by atoms with Crippen molar-refractivity contribution in [3.8, 4) is 0 Å². The maximum atomic E-state index is 13.1. The van der Waals surface area contributed by atoms with Crippen molar-refractivity contribution in [2.75, 3.05) is 11.9 Å². The number of halogens is 4. The average molecular weight is 503 g/mol. The van der Waals surface area contributed by atoms with Gasteiger partial charge in [-0.05, 0) is 42.3 Å². The largest absolute Gasteiger partial charge is 0.423 e. The lowest BCUT2D eigenvalue weighted by atomic mass is 9.76. The molecule has 11 heteroatoms. The second-order valence-corrected chi connectivity index (χ2v) is 8.56. The fourth-order valence-corrected chi connectivity index (χ4v) is 4.09. The first-order chi connectivity index (χ1) is 16.5. The van der Waals surface area contributed by atoms with E-state index in [0.717, 1.165) is 22.2 Å². The number of urea groups is 1. The summed E-state index contributed by atoms with van der Waals surface area (Å²) < 4.78 is 39.3. The van der Waals surface area contributed by atoms with Gasteiger partial charge in [-0.3, -0.25) is 10.1 Å². The van der Waals surface area contributed by atoms with E-state index in [4.69, 9.17) is 11.6 Å². The van der Waals surface area contributed by atoms with Crippen LogP contribution >= 0.6 is 11.6 Å².